The summed E-state index contributed by atoms with van der Waals surface area (Å²) in [6, 6.07) is 3.78. The molecule has 2 heterocycles. The Balaban J connectivity index is 1.94. The summed E-state index contributed by atoms with van der Waals surface area (Å²) in [5.74, 6) is -0.281. The minimum absolute atomic E-state index is 0.0296. The number of rotatable bonds is 4. The largest absolute Gasteiger partial charge is 0.345 e. The van der Waals surface area contributed by atoms with Crippen LogP contribution in [0.25, 0.3) is 11.3 Å². The summed E-state index contributed by atoms with van der Waals surface area (Å²) in [7, 11) is -1.61. The monoisotopic (exact) mass is 363 g/mol. The van der Waals surface area contributed by atoms with Crippen molar-refractivity contribution in [2.75, 3.05) is 25.2 Å². The maximum atomic E-state index is 14.5. The lowest BCUT2D eigenvalue weighted by Gasteiger charge is -2.14. The van der Waals surface area contributed by atoms with Crippen molar-refractivity contribution < 1.29 is 12.8 Å². The predicted molar refractivity (Wildman–Crippen MR) is 93.8 cm³/mol. The topological polar surface area (TPSA) is 87.6 Å². The SMILES string of the molecule is Cc1cnc(NC2C=NN(C)C2)nc1-c1ccc(S(C)(=O)=O)cc1F. The summed E-state index contributed by atoms with van der Waals surface area (Å²) in [6.45, 7) is 2.46. The molecule has 25 heavy (non-hydrogen) atoms. The van der Waals surface area contributed by atoms with Gasteiger partial charge in [0.15, 0.2) is 9.84 Å². The molecule has 1 aliphatic rings. The van der Waals surface area contributed by atoms with Crippen LogP contribution in [0.2, 0.25) is 0 Å². The number of aromatic nitrogens is 2. The van der Waals surface area contributed by atoms with E-state index < -0.39 is 15.7 Å². The number of anilines is 1. The molecular formula is C16H18FN5O2S. The number of likely N-dealkylation sites (N-methyl/N-ethyl adjacent to an activating group) is 1. The minimum Gasteiger partial charge on any atom is -0.345 e. The average molecular weight is 363 g/mol. The van der Waals surface area contributed by atoms with E-state index in [2.05, 4.69) is 20.4 Å². The van der Waals surface area contributed by atoms with Gasteiger partial charge in [0, 0.05) is 31.3 Å². The molecule has 1 aromatic heterocycles. The second-order valence-electron chi connectivity index (χ2n) is 5.99. The molecule has 1 aromatic carbocycles. The summed E-state index contributed by atoms with van der Waals surface area (Å²) in [4.78, 5) is 8.54. The van der Waals surface area contributed by atoms with Crippen molar-refractivity contribution in [2.24, 2.45) is 5.10 Å². The third kappa shape index (κ3) is 3.76. The molecule has 0 bridgehead atoms. The van der Waals surface area contributed by atoms with Crippen LogP contribution in [0.3, 0.4) is 0 Å². The number of hydrazone groups is 1. The van der Waals surface area contributed by atoms with Crippen molar-refractivity contribution in [3.63, 3.8) is 0 Å². The second-order valence-corrected chi connectivity index (χ2v) is 8.01. The zero-order valence-corrected chi connectivity index (χ0v) is 14.9. The zero-order valence-electron chi connectivity index (χ0n) is 14.1. The molecular weight excluding hydrogens is 345 g/mol. The zero-order chi connectivity index (χ0) is 18.2. The van der Waals surface area contributed by atoms with Crippen molar-refractivity contribution in [3.05, 3.63) is 35.8 Å². The first-order chi connectivity index (χ1) is 11.7. The summed E-state index contributed by atoms with van der Waals surface area (Å²) in [5, 5.41) is 9.05. The molecule has 0 spiro atoms. The molecule has 1 aliphatic heterocycles. The number of nitrogens with zero attached hydrogens (tertiary/aromatic N) is 4. The Morgan fingerprint density at radius 1 is 1.36 bits per heavy atom. The Morgan fingerprint density at radius 2 is 2.12 bits per heavy atom. The summed E-state index contributed by atoms with van der Waals surface area (Å²) < 4.78 is 37.6. The van der Waals surface area contributed by atoms with Crippen molar-refractivity contribution in [2.45, 2.75) is 17.9 Å². The molecule has 2 aromatic rings. The molecule has 1 atom stereocenters. The van der Waals surface area contributed by atoms with Crippen LogP contribution in [0.4, 0.5) is 10.3 Å². The van der Waals surface area contributed by atoms with Crippen LogP contribution in [0.15, 0.2) is 34.4 Å². The van der Waals surface area contributed by atoms with Gasteiger partial charge in [0.05, 0.1) is 23.2 Å². The fourth-order valence-corrected chi connectivity index (χ4v) is 3.16. The van der Waals surface area contributed by atoms with Gasteiger partial charge in [-0.05, 0) is 30.7 Å². The Hall–Kier alpha value is -2.55. The lowest BCUT2D eigenvalue weighted by molar-refractivity contribution is 0.385. The van der Waals surface area contributed by atoms with E-state index in [4.69, 9.17) is 0 Å². The Morgan fingerprint density at radius 3 is 2.72 bits per heavy atom. The van der Waals surface area contributed by atoms with Crippen molar-refractivity contribution in [1.82, 2.24) is 15.0 Å². The van der Waals surface area contributed by atoms with E-state index >= 15 is 0 Å². The molecule has 3 rings (SSSR count). The summed E-state index contributed by atoms with van der Waals surface area (Å²) in [5.41, 5.74) is 1.33. The highest BCUT2D eigenvalue weighted by atomic mass is 32.2. The molecule has 0 saturated carbocycles. The minimum atomic E-state index is -3.47. The van der Waals surface area contributed by atoms with E-state index in [0.29, 0.717) is 23.8 Å². The van der Waals surface area contributed by atoms with Crippen LogP contribution < -0.4 is 5.32 Å². The second kappa shape index (κ2) is 6.40. The first-order valence-corrected chi connectivity index (χ1v) is 9.48. The molecule has 1 N–H and O–H groups in total. The maximum Gasteiger partial charge on any atom is 0.223 e. The number of halogens is 1. The van der Waals surface area contributed by atoms with Crippen LogP contribution in [0.1, 0.15) is 5.56 Å². The van der Waals surface area contributed by atoms with Gasteiger partial charge >= 0.3 is 0 Å². The Labute approximate surface area is 145 Å². The van der Waals surface area contributed by atoms with Crippen LogP contribution >= 0.6 is 0 Å². The van der Waals surface area contributed by atoms with E-state index in [1.807, 2.05) is 7.05 Å². The highest BCUT2D eigenvalue weighted by Gasteiger charge is 2.18. The van der Waals surface area contributed by atoms with Gasteiger partial charge in [-0.15, -0.1) is 0 Å². The number of nitrogens with one attached hydrogen (secondary N) is 1. The van der Waals surface area contributed by atoms with Gasteiger partial charge < -0.3 is 5.32 Å². The molecule has 9 heteroatoms. The average Bonchev–Trinajstić information content (AvgIpc) is 2.93. The standard InChI is InChI=1S/C16H18FN5O2S/c1-10-7-18-16(20-11-8-19-22(2)9-11)21-15(10)13-5-4-12(6-14(13)17)25(3,23)24/h4-8,11H,9H2,1-3H3,(H,18,20,21). The van der Waals surface area contributed by atoms with Crippen LogP contribution in [-0.4, -0.2) is 55.5 Å². The molecule has 132 valence electrons. The van der Waals surface area contributed by atoms with E-state index in [1.165, 1.54) is 12.1 Å². The lowest BCUT2D eigenvalue weighted by Crippen LogP contribution is -2.27. The molecule has 0 saturated heterocycles. The van der Waals surface area contributed by atoms with Gasteiger partial charge in [-0.3, -0.25) is 5.01 Å². The van der Waals surface area contributed by atoms with Gasteiger partial charge in [-0.1, -0.05) is 0 Å². The maximum absolute atomic E-state index is 14.5. The van der Waals surface area contributed by atoms with Crippen LogP contribution in [0, 0.1) is 12.7 Å². The molecule has 1 unspecified atom stereocenters. The van der Waals surface area contributed by atoms with Gasteiger partial charge in [0.25, 0.3) is 0 Å². The van der Waals surface area contributed by atoms with Crippen molar-refractivity contribution in [3.8, 4) is 11.3 Å². The quantitative estimate of drug-likeness (QED) is 0.890. The Kier molecular flexibility index (Phi) is 4.42. The van der Waals surface area contributed by atoms with Gasteiger partial charge in [-0.25, -0.2) is 22.8 Å². The first-order valence-electron chi connectivity index (χ1n) is 7.59. The number of benzene rings is 1. The van der Waals surface area contributed by atoms with E-state index in [1.54, 1.807) is 24.3 Å². The fourth-order valence-electron chi connectivity index (χ4n) is 2.52. The summed E-state index contributed by atoms with van der Waals surface area (Å²) >= 11 is 0. The molecule has 7 nitrogen and oxygen atoms in total. The van der Waals surface area contributed by atoms with Gasteiger partial charge in [0.1, 0.15) is 5.82 Å². The van der Waals surface area contributed by atoms with E-state index in [0.717, 1.165) is 12.3 Å². The highest BCUT2D eigenvalue weighted by molar-refractivity contribution is 7.90. The third-order valence-corrected chi connectivity index (χ3v) is 4.92. The number of hydrogen-bond acceptors (Lipinski definition) is 7. The van der Waals surface area contributed by atoms with Gasteiger partial charge in [-0.2, -0.15) is 5.10 Å². The predicted octanol–water partition coefficient (Wildman–Crippen LogP) is 1.71. The lowest BCUT2D eigenvalue weighted by atomic mass is 10.1. The van der Waals surface area contributed by atoms with Crippen molar-refractivity contribution in [1.29, 1.82) is 0 Å². The fraction of sp³-hybridized carbons (Fsp3) is 0.312. The molecule has 0 fully saturated rings. The summed E-state index contributed by atoms with van der Waals surface area (Å²) in [6.07, 6.45) is 4.40. The third-order valence-electron chi connectivity index (χ3n) is 3.81. The molecule has 0 radical (unpaired) electrons. The smallest absolute Gasteiger partial charge is 0.223 e. The highest BCUT2D eigenvalue weighted by Crippen LogP contribution is 2.27. The van der Waals surface area contributed by atoms with Crippen molar-refractivity contribution >= 4 is 22.0 Å². The van der Waals surface area contributed by atoms with Crippen LogP contribution in [0.5, 0.6) is 0 Å². The van der Waals surface area contributed by atoms with Gasteiger partial charge in [0.2, 0.25) is 5.95 Å². The first kappa shape index (κ1) is 17.3. The number of sulfone groups is 1. The molecule has 0 amide bonds. The number of aryl methyl sites for hydroxylation is 1. The van der Waals surface area contributed by atoms with E-state index in [9.17, 15) is 12.8 Å². The number of hydrogen-bond donors (Lipinski definition) is 1. The normalized spacial score (nSPS) is 17.1. The van der Waals surface area contributed by atoms with E-state index in [-0.39, 0.29) is 16.5 Å². The Bertz CT molecular complexity index is 946. The van der Waals surface area contributed by atoms with Crippen LogP contribution in [-0.2, 0) is 9.84 Å². The molecule has 0 aliphatic carbocycles.